The van der Waals surface area contributed by atoms with Gasteiger partial charge in [0.2, 0.25) is 0 Å². The quantitative estimate of drug-likeness (QED) is 0.267. The summed E-state index contributed by atoms with van der Waals surface area (Å²) in [5.74, 6) is -0.0678. The van der Waals surface area contributed by atoms with Crippen LogP contribution in [-0.2, 0) is 9.53 Å². The summed E-state index contributed by atoms with van der Waals surface area (Å²) in [6.45, 7) is 1.58. The first-order chi connectivity index (χ1) is 12.1. The summed E-state index contributed by atoms with van der Waals surface area (Å²) in [6.07, 6.45) is 1.35. The van der Waals surface area contributed by atoms with Gasteiger partial charge in [0.15, 0.2) is 0 Å². The molecule has 8 nitrogen and oxygen atoms in total. The Morgan fingerprint density at radius 3 is 2.80 bits per heavy atom. The van der Waals surface area contributed by atoms with Gasteiger partial charge in [-0.15, -0.1) is 11.8 Å². The molecule has 9 heteroatoms. The molecule has 1 aromatic rings. The number of ether oxygens (including phenoxy) is 1. The van der Waals surface area contributed by atoms with Gasteiger partial charge < -0.3 is 14.7 Å². The van der Waals surface area contributed by atoms with E-state index >= 15 is 0 Å². The Balaban J connectivity index is 2.27. The number of hydrogen-bond acceptors (Lipinski definition) is 7. The van der Waals surface area contributed by atoms with Crippen molar-refractivity contribution in [1.82, 2.24) is 4.90 Å². The number of aliphatic hydroxyl groups is 1. The minimum absolute atomic E-state index is 0.0769. The predicted molar refractivity (Wildman–Crippen MR) is 91.9 cm³/mol. The molecule has 1 N–H and O–H groups in total. The number of thioether (sulfide) groups is 1. The highest BCUT2D eigenvalue weighted by Gasteiger charge is 2.21. The zero-order chi connectivity index (χ0) is 18.2. The van der Waals surface area contributed by atoms with Crippen molar-refractivity contribution in [2.75, 3.05) is 38.7 Å². The molecule has 132 valence electrons. The van der Waals surface area contributed by atoms with Crippen LogP contribution in [0.4, 0.5) is 5.69 Å². The first kappa shape index (κ1) is 18.9. The van der Waals surface area contributed by atoms with Gasteiger partial charge in [-0.3, -0.25) is 14.9 Å². The molecule has 1 saturated heterocycles. The number of nitro benzene ring substituents is 1. The van der Waals surface area contributed by atoms with Crippen LogP contribution < -0.4 is 0 Å². The van der Waals surface area contributed by atoms with Gasteiger partial charge in [-0.25, -0.2) is 0 Å². The van der Waals surface area contributed by atoms with Crippen LogP contribution in [0.5, 0.6) is 0 Å². The Morgan fingerprint density at radius 1 is 1.48 bits per heavy atom. The highest BCUT2D eigenvalue weighted by Crippen LogP contribution is 2.30. The fourth-order valence-electron chi connectivity index (χ4n) is 2.29. The third kappa shape index (κ3) is 5.03. The molecule has 2 rings (SSSR count). The fraction of sp³-hybridized carbons (Fsp3) is 0.375. The van der Waals surface area contributed by atoms with Gasteiger partial charge in [-0.2, -0.15) is 5.26 Å². The Morgan fingerprint density at radius 2 is 2.20 bits per heavy atom. The lowest BCUT2D eigenvalue weighted by Gasteiger charge is -2.26. The molecule has 1 aromatic carbocycles. The zero-order valence-corrected chi connectivity index (χ0v) is 14.2. The van der Waals surface area contributed by atoms with Crippen LogP contribution in [0.15, 0.2) is 28.7 Å². The summed E-state index contributed by atoms with van der Waals surface area (Å²) < 4.78 is 5.18. The Bertz CT molecular complexity index is 723. The molecule has 0 unspecified atom stereocenters. The van der Waals surface area contributed by atoms with E-state index in [9.17, 15) is 20.2 Å². The lowest BCUT2D eigenvalue weighted by molar-refractivity contribution is -0.387. The van der Waals surface area contributed by atoms with E-state index in [1.807, 2.05) is 6.07 Å². The zero-order valence-electron chi connectivity index (χ0n) is 13.4. The maximum absolute atomic E-state index is 12.4. The van der Waals surface area contributed by atoms with Crippen LogP contribution in [0.1, 0.15) is 5.56 Å². The molecule has 1 aliphatic rings. The fourth-order valence-corrected chi connectivity index (χ4v) is 3.05. The molecule has 0 aromatic heterocycles. The first-order valence-electron chi connectivity index (χ1n) is 7.57. The molecule has 0 saturated carbocycles. The monoisotopic (exact) mass is 363 g/mol. The van der Waals surface area contributed by atoms with Crippen molar-refractivity contribution >= 4 is 29.4 Å². The standard InChI is InChI=1S/C16H17N3O5S/c17-11-13(16(21)18-3-6-24-7-4-18)9-12-1-2-15(25-8-5-20)14(10-12)19(22)23/h1-2,9-10,20H,3-8H2/b13-9-. The van der Waals surface area contributed by atoms with Gasteiger partial charge in [0, 0.05) is 24.9 Å². The average Bonchev–Trinajstić information content (AvgIpc) is 2.64. The SMILES string of the molecule is N#C/C(=C/c1ccc(SCCO)c([N+](=O)[O-])c1)C(=O)N1CCOCC1. The minimum Gasteiger partial charge on any atom is -0.396 e. The lowest BCUT2D eigenvalue weighted by Crippen LogP contribution is -2.41. The Kier molecular flexibility index (Phi) is 6.94. The number of rotatable bonds is 6. The van der Waals surface area contributed by atoms with Crippen molar-refractivity contribution in [1.29, 1.82) is 5.26 Å². The molecule has 0 bridgehead atoms. The molecule has 0 spiro atoms. The van der Waals surface area contributed by atoms with Crippen LogP contribution in [0.25, 0.3) is 6.08 Å². The maximum atomic E-state index is 12.4. The number of nitrogens with zero attached hydrogens (tertiary/aromatic N) is 3. The van der Waals surface area contributed by atoms with Gasteiger partial charge in [0.1, 0.15) is 11.6 Å². The second-order valence-electron chi connectivity index (χ2n) is 5.13. The Labute approximate surface area is 148 Å². The first-order valence-corrected chi connectivity index (χ1v) is 8.56. The summed E-state index contributed by atoms with van der Waals surface area (Å²) in [5, 5.41) is 29.4. The van der Waals surface area contributed by atoms with Gasteiger partial charge in [0.05, 0.1) is 29.6 Å². The maximum Gasteiger partial charge on any atom is 0.283 e. The van der Waals surface area contributed by atoms with Crippen LogP contribution in [0.2, 0.25) is 0 Å². The van der Waals surface area contributed by atoms with Gasteiger partial charge >= 0.3 is 0 Å². The second kappa shape index (κ2) is 9.17. The number of nitro groups is 1. The number of carbonyl (C=O) groups is 1. The van der Waals surface area contributed by atoms with E-state index < -0.39 is 10.8 Å². The van der Waals surface area contributed by atoms with Crippen molar-refractivity contribution in [2.24, 2.45) is 0 Å². The molecule has 1 fully saturated rings. The molecule has 1 amide bonds. The molecule has 0 radical (unpaired) electrons. The largest absolute Gasteiger partial charge is 0.396 e. The van der Waals surface area contributed by atoms with Crippen molar-refractivity contribution in [3.63, 3.8) is 0 Å². The van der Waals surface area contributed by atoms with E-state index in [4.69, 9.17) is 9.84 Å². The van der Waals surface area contributed by atoms with E-state index in [0.717, 1.165) is 0 Å². The number of morpholine rings is 1. The van der Waals surface area contributed by atoms with Crippen LogP contribution in [-0.4, -0.2) is 59.5 Å². The van der Waals surface area contributed by atoms with Gasteiger partial charge in [-0.1, -0.05) is 6.07 Å². The number of aliphatic hydroxyl groups excluding tert-OH is 1. The normalized spacial score (nSPS) is 14.9. The molecule has 0 atom stereocenters. The average molecular weight is 363 g/mol. The smallest absolute Gasteiger partial charge is 0.283 e. The van der Waals surface area contributed by atoms with Crippen molar-refractivity contribution in [3.8, 4) is 6.07 Å². The number of amides is 1. The molecular formula is C16H17N3O5S. The number of hydrogen-bond donors (Lipinski definition) is 1. The van der Waals surface area contributed by atoms with Gasteiger partial charge in [-0.05, 0) is 17.7 Å². The Hall–Kier alpha value is -2.41. The van der Waals surface area contributed by atoms with Crippen molar-refractivity contribution in [2.45, 2.75) is 4.90 Å². The number of benzene rings is 1. The summed E-state index contributed by atoms with van der Waals surface area (Å²) >= 11 is 1.17. The van der Waals surface area contributed by atoms with Crippen LogP contribution in [0.3, 0.4) is 0 Å². The van der Waals surface area contributed by atoms with Crippen LogP contribution in [0, 0.1) is 21.4 Å². The van der Waals surface area contributed by atoms with E-state index in [1.54, 1.807) is 12.1 Å². The summed E-state index contributed by atoms with van der Waals surface area (Å²) in [7, 11) is 0. The van der Waals surface area contributed by atoms with E-state index in [0.29, 0.717) is 42.5 Å². The third-order valence-electron chi connectivity index (χ3n) is 3.49. The summed E-state index contributed by atoms with van der Waals surface area (Å²) in [6, 6.07) is 6.35. The van der Waals surface area contributed by atoms with E-state index in [-0.39, 0.29) is 17.9 Å². The van der Waals surface area contributed by atoms with E-state index in [2.05, 4.69) is 0 Å². The lowest BCUT2D eigenvalue weighted by atomic mass is 10.1. The second-order valence-corrected chi connectivity index (χ2v) is 6.27. The van der Waals surface area contributed by atoms with Crippen molar-refractivity contribution in [3.05, 3.63) is 39.4 Å². The number of nitriles is 1. The molecule has 1 aliphatic heterocycles. The molecular weight excluding hydrogens is 346 g/mol. The van der Waals surface area contributed by atoms with Crippen LogP contribution >= 0.6 is 11.8 Å². The third-order valence-corrected chi connectivity index (χ3v) is 4.53. The number of carbonyl (C=O) groups excluding carboxylic acids is 1. The molecule has 1 heterocycles. The van der Waals surface area contributed by atoms with Gasteiger partial charge in [0.25, 0.3) is 11.6 Å². The highest BCUT2D eigenvalue weighted by atomic mass is 32.2. The minimum atomic E-state index is -0.521. The molecule has 0 aliphatic carbocycles. The topological polar surface area (TPSA) is 117 Å². The van der Waals surface area contributed by atoms with E-state index in [1.165, 1.54) is 28.8 Å². The molecule has 25 heavy (non-hydrogen) atoms. The summed E-state index contributed by atoms with van der Waals surface area (Å²) in [4.78, 5) is 25.0. The summed E-state index contributed by atoms with van der Waals surface area (Å²) in [5.41, 5.74) is 0.202. The highest BCUT2D eigenvalue weighted by molar-refractivity contribution is 7.99. The van der Waals surface area contributed by atoms with Crippen molar-refractivity contribution < 1.29 is 19.6 Å². The predicted octanol–water partition coefficient (Wildman–Crippen LogP) is 1.44.